The molecule has 1 aromatic carbocycles. The van der Waals surface area contributed by atoms with Crippen molar-refractivity contribution in [1.82, 2.24) is 4.90 Å². The lowest BCUT2D eigenvalue weighted by molar-refractivity contribution is -0.117. The van der Waals surface area contributed by atoms with E-state index in [-0.39, 0.29) is 23.1 Å². The molecule has 0 aromatic heterocycles. The van der Waals surface area contributed by atoms with E-state index in [9.17, 15) is 9.59 Å². The molecule has 0 heterocycles. The van der Waals surface area contributed by atoms with E-state index >= 15 is 0 Å². The zero-order valence-electron chi connectivity index (χ0n) is 13.9. The minimum atomic E-state index is -0.109. The van der Waals surface area contributed by atoms with Crippen LogP contribution in [0.3, 0.4) is 0 Å². The minimum Gasteiger partial charge on any atom is -0.324 e. The van der Waals surface area contributed by atoms with Crippen LogP contribution in [-0.4, -0.2) is 36.2 Å². The maximum Gasteiger partial charge on any atom is 0.238 e. The fourth-order valence-electron chi connectivity index (χ4n) is 2.11. The zero-order chi connectivity index (χ0) is 16.2. The number of ketones is 1. The molecular weight excluding hydrogens is 264 g/mol. The molecule has 0 saturated carbocycles. The first-order valence-corrected chi connectivity index (χ1v) is 7.23. The molecule has 4 heteroatoms. The van der Waals surface area contributed by atoms with E-state index in [1.165, 1.54) is 6.92 Å². The van der Waals surface area contributed by atoms with Crippen LogP contribution >= 0.6 is 0 Å². The number of hydrogen-bond acceptors (Lipinski definition) is 3. The molecule has 116 valence electrons. The number of carbonyl (C=O) groups excluding carboxylic acids is 2. The summed E-state index contributed by atoms with van der Waals surface area (Å²) in [4.78, 5) is 25.7. The van der Waals surface area contributed by atoms with Crippen molar-refractivity contribution in [1.29, 1.82) is 0 Å². The largest absolute Gasteiger partial charge is 0.324 e. The van der Waals surface area contributed by atoms with Gasteiger partial charge < -0.3 is 5.32 Å². The average molecular weight is 290 g/mol. The standard InChI is InChI=1S/C17H26N2O2/c1-12(20)14-9-7-8-10-15(14)18-16(21)11-19(6)13(2)17(3,4)5/h7-10,13H,11H2,1-6H3,(H,18,21). The Labute approximate surface area is 127 Å². The van der Waals surface area contributed by atoms with Crippen LogP contribution in [0.2, 0.25) is 0 Å². The summed E-state index contributed by atoms with van der Waals surface area (Å²) in [6.07, 6.45) is 0. The van der Waals surface area contributed by atoms with Crippen molar-refractivity contribution in [2.75, 3.05) is 18.9 Å². The maximum absolute atomic E-state index is 12.2. The lowest BCUT2D eigenvalue weighted by Gasteiger charge is -2.34. The number of nitrogens with zero attached hydrogens (tertiary/aromatic N) is 1. The number of nitrogens with one attached hydrogen (secondary N) is 1. The molecule has 0 saturated heterocycles. The van der Waals surface area contributed by atoms with Crippen LogP contribution in [0.15, 0.2) is 24.3 Å². The van der Waals surface area contributed by atoms with Gasteiger partial charge in [-0.2, -0.15) is 0 Å². The number of amides is 1. The van der Waals surface area contributed by atoms with E-state index in [1.807, 2.05) is 18.0 Å². The Kier molecular flexibility index (Phi) is 5.67. The molecule has 1 aromatic rings. The second-order valence-corrected chi connectivity index (χ2v) is 6.61. The van der Waals surface area contributed by atoms with Crippen LogP contribution in [0.5, 0.6) is 0 Å². The van der Waals surface area contributed by atoms with Crippen LogP contribution < -0.4 is 5.32 Å². The first-order valence-electron chi connectivity index (χ1n) is 7.23. The van der Waals surface area contributed by atoms with Gasteiger partial charge in [0.1, 0.15) is 0 Å². The lowest BCUT2D eigenvalue weighted by Crippen LogP contribution is -2.43. The quantitative estimate of drug-likeness (QED) is 0.847. The maximum atomic E-state index is 12.2. The minimum absolute atomic E-state index is 0.0534. The number of Topliss-reactive ketones (excluding diaryl/α,β-unsaturated/α-hetero) is 1. The molecular formula is C17H26N2O2. The van der Waals surface area contributed by atoms with Crippen LogP contribution in [0.25, 0.3) is 0 Å². The van der Waals surface area contributed by atoms with Gasteiger partial charge >= 0.3 is 0 Å². The van der Waals surface area contributed by atoms with Crippen molar-refractivity contribution in [3.63, 3.8) is 0 Å². The van der Waals surface area contributed by atoms with Gasteiger partial charge in [0.15, 0.2) is 5.78 Å². The summed E-state index contributed by atoms with van der Waals surface area (Å²) >= 11 is 0. The average Bonchev–Trinajstić information content (AvgIpc) is 2.36. The van der Waals surface area contributed by atoms with E-state index in [1.54, 1.807) is 18.2 Å². The van der Waals surface area contributed by atoms with Crippen molar-refractivity contribution in [2.24, 2.45) is 5.41 Å². The highest BCUT2D eigenvalue weighted by atomic mass is 16.2. The van der Waals surface area contributed by atoms with Gasteiger partial charge in [-0.25, -0.2) is 0 Å². The molecule has 0 fully saturated rings. The zero-order valence-corrected chi connectivity index (χ0v) is 13.9. The second kappa shape index (κ2) is 6.85. The molecule has 0 bridgehead atoms. The number of rotatable bonds is 5. The van der Waals surface area contributed by atoms with Crippen molar-refractivity contribution >= 4 is 17.4 Å². The van der Waals surface area contributed by atoms with Crippen molar-refractivity contribution in [3.05, 3.63) is 29.8 Å². The lowest BCUT2D eigenvalue weighted by atomic mass is 9.87. The highest BCUT2D eigenvalue weighted by Crippen LogP contribution is 2.23. The Morgan fingerprint density at radius 3 is 2.33 bits per heavy atom. The third-order valence-corrected chi connectivity index (χ3v) is 3.89. The molecule has 21 heavy (non-hydrogen) atoms. The van der Waals surface area contributed by atoms with E-state index in [2.05, 4.69) is 33.0 Å². The Bertz CT molecular complexity index is 518. The fraction of sp³-hybridized carbons (Fsp3) is 0.529. The summed E-state index contributed by atoms with van der Waals surface area (Å²) in [6.45, 7) is 10.4. The summed E-state index contributed by atoms with van der Waals surface area (Å²) in [5, 5.41) is 2.83. The van der Waals surface area contributed by atoms with Gasteiger partial charge in [0.2, 0.25) is 5.91 Å². The summed E-state index contributed by atoms with van der Waals surface area (Å²) in [5.41, 5.74) is 1.22. The van der Waals surface area contributed by atoms with Gasteiger partial charge in [0.25, 0.3) is 0 Å². The first-order chi connectivity index (χ1) is 9.62. The Balaban J connectivity index is 2.73. The summed E-state index contributed by atoms with van der Waals surface area (Å²) in [6, 6.07) is 7.34. The molecule has 0 aliphatic rings. The fourth-order valence-corrected chi connectivity index (χ4v) is 2.11. The van der Waals surface area contributed by atoms with Gasteiger partial charge in [-0.15, -0.1) is 0 Å². The molecule has 0 aliphatic heterocycles. The van der Waals surface area contributed by atoms with Crippen molar-refractivity contribution in [3.8, 4) is 0 Å². The number of para-hydroxylation sites is 1. The van der Waals surface area contributed by atoms with Crippen LogP contribution in [0.4, 0.5) is 5.69 Å². The molecule has 0 aliphatic carbocycles. The van der Waals surface area contributed by atoms with E-state index < -0.39 is 0 Å². The van der Waals surface area contributed by atoms with Crippen molar-refractivity contribution < 1.29 is 9.59 Å². The molecule has 1 amide bonds. The smallest absolute Gasteiger partial charge is 0.238 e. The topological polar surface area (TPSA) is 49.4 Å². The van der Waals surface area contributed by atoms with Gasteiger partial charge in [-0.05, 0) is 38.4 Å². The third kappa shape index (κ3) is 4.97. The predicted molar refractivity (Wildman–Crippen MR) is 86.6 cm³/mol. The van der Waals surface area contributed by atoms with Crippen LogP contribution in [-0.2, 0) is 4.79 Å². The highest BCUT2D eigenvalue weighted by molar-refractivity contribution is 6.04. The van der Waals surface area contributed by atoms with E-state index in [0.29, 0.717) is 17.8 Å². The van der Waals surface area contributed by atoms with Crippen LogP contribution in [0.1, 0.15) is 45.0 Å². The molecule has 0 spiro atoms. The van der Waals surface area contributed by atoms with Gasteiger partial charge in [-0.3, -0.25) is 14.5 Å². The molecule has 1 atom stereocenters. The SMILES string of the molecule is CC(=O)c1ccccc1NC(=O)CN(C)C(C)C(C)(C)C. The number of hydrogen-bond donors (Lipinski definition) is 1. The highest BCUT2D eigenvalue weighted by Gasteiger charge is 2.25. The number of benzene rings is 1. The first kappa shape index (κ1) is 17.4. The summed E-state index contributed by atoms with van der Waals surface area (Å²) in [5.74, 6) is -0.162. The molecule has 1 rings (SSSR count). The Morgan fingerprint density at radius 1 is 1.24 bits per heavy atom. The molecule has 4 nitrogen and oxygen atoms in total. The number of carbonyl (C=O) groups is 2. The van der Waals surface area contributed by atoms with Gasteiger partial charge in [0, 0.05) is 11.6 Å². The number of likely N-dealkylation sites (N-methyl/N-ethyl adjacent to an activating group) is 1. The molecule has 0 radical (unpaired) electrons. The second-order valence-electron chi connectivity index (χ2n) is 6.61. The Morgan fingerprint density at radius 2 is 1.81 bits per heavy atom. The van der Waals surface area contributed by atoms with Gasteiger partial charge in [-0.1, -0.05) is 32.9 Å². The van der Waals surface area contributed by atoms with Crippen molar-refractivity contribution in [2.45, 2.75) is 40.7 Å². The monoisotopic (exact) mass is 290 g/mol. The van der Waals surface area contributed by atoms with E-state index in [4.69, 9.17) is 0 Å². The normalized spacial score (nSPS) is 13.1. The summed E-state index contributed by atoms with van der Waals surface area (Å²) < 4.78 is 0. The third-order valence-electron chi connectivity index (χ3n) is 3.89. The number of anilines is 1. The molecule has 1 unspecified atom stereocenters. The predicted octanol–water partition coefficient (Wildman–Crippen LogP) is 3.19. The Hall–Kier alpha value is -1.68. The van der Waals surface area contributed by atoms with Crippen LogP contribution in [0, 0.1) is 5.41 Å². The molecule has 1 N–H and O–H groups in total. The van der Waals surface area contributed by atoms with Gasteiger partial charge in [0.05, 0.1) is 12.2 Å². The summed E-state index contributed by atoms with van der Waals surface area (Å²) in [7, 11) is 1.94. The van der Waals surface area contributed by atoms with E-state index in [0.717, 1.165) is 0 Å².